The summed E-state index contributed by atoms with van der Waals surface area (Å²) in [5.41, 5.74) is 14.6. The second-order valence-corrected chi connectivity index (χ2v) is 14.8. The van der Waals surface area contributed by atoms with Crippen LogP contribution in [0.1, 0.15) is 17.5 Å². The normalized spacial score (nSPS) is 12.4. The average Bonchev–Trinajstić information content (AvgIpc) is 3.62. The second-order valence-electron chi connectivity index (χ2n) is 14.8. The van der Waals surface area contributed by atoms with Gasteiger partial charge in [-0.2, -0.15) is 0 Å². The van der Waals surface area contributed by atoms with E-state index in [-0.39, 0.29) is 0 Å². The highest BCUT2D eigenvalue weighted by molar-refractivity contribution is 6.19. The molecular formula is C54H38N2. The highest BCUT2D eigenvalue weighted by Gasteiger charge is 2.21. The molecule has 0 spiro atoms. The van der Waals surface area contributed by atoms with Crippen molar-refractivity contribution in [1.82, 2.24) is 4.57 Å². The Morgan fingerprint density at radius 1 is 0.446 bits per heavy atom. The lowest BCUT2D eigenvalue weighted by Gasteiger charge is -2.29. The second kappa shape index (κ2) is 13.3. The van der Waals surface area contributed by atoms with Gasteiger partial charge in [-0.25, -0.2) is 0 Å². The minimum absolute atomic E-state index is 1.06. The molecule has 2 nitrogen and oxygen atoms in total. The lowest BCUT2D eigenvalue weighted by molar-refractivity contribution is 0.997. The molecule has 2 heteroatoms. The third-order valence-electron chi connectivity index (χ3n) is 11.6. The lowest BCUT2D eigenvalue weighted by atomic mass is 9.90. The number of fused-ring (bicyclic) bond motifs is 8. The van der Waals surface area contributed by atoms with Crippen LogP contribution in [0.15, 0.2) is 200 Å². The van der Waals surface area contributed by atoms with Crippen molar-refractivity contribution in [1.29, 1.82) is 0 Å². The summed E-state index contributed by atoms with van der Waals surface area (Å²) in [6.45, 7) is 0. The van der Waals surface area contributed by atoms with Gasteiger partial charge in [-0.05, 0) is 93.9 Å². The monoisotopic (exact) mass is 714 g/mol. The van der Waals surface area contributed by atoms with Gasteiger partial charge in [0.05, 0.1) is 22.4 Å². The maximum Gasteiger partial charge on any atom is 0.0619 e. The van der Waals surface area contributed by atoms with Gasteiger partial charge in [-0.1, -0.05) is 164 Å². The van der Waals surface area contributed by atoms with Gasteiger partial charge in [-0.3, -0.25) is 0 Å². The number of hydrogen-bond acceptors (Lipinski definition) is 1. The number of aryl methyl sites for hydroxylation is 1. The summed E-state index contributed by atoms with van der Waals surface area (Å²) in [4.78, 5) is 2.44. The Bertz CT molecular complexity index is 3110. The molecule has 0 radical (unpaired) electrons. The predicted octanol–water partition coefficient (Wildman–Crippen LogP) is 14.9. The van der Waals surface area contributed by atoms with Crippen LogP contribution in [0.2, 0.25) is 0 Å². The van der Waals surface area contributed by atoms with E-state index < -0.39 is 0 Å². The first-order chi connectivity index (χ1) is 27.8. The molecule has 264 valence electrons. The Balaban J connectivity index is 1.08. The van der Waals surface area contributed by atoms with Crippen LogP contribution >= 0.6 is 0 Å². The van der Waals surface area contributed by atoms with Crippen molar-refractivity contribution in [3.8, 4) is 27.9 Å². The molecule has 1 heterocycles. The SMILES string of the molecule is C1=Cc2cc(N(c3ccc(-c4ccccc4)cc3)c3ccc(-c4ccccc4-n4c5ccccc5c5ccc6ccccc6c54)cc3)c3ccccc3c2CC1. The van der Waals surface area contributed by atoms with Crippen molar-refractivity contribution >= 4 is 66.5 Å². The topological polar surface area (TPSA) is 8.17 Å². The largest absolute Gasteiger partial charge is 0.310 e. The Morgan fingerprint density at radius 3 is 1.88 bits per heavy atom. The molecule has 0 aliphatic heterocycles. The molecule has 0 fully saturated rings. The number of anilines is 3. The van der Waals surface area contributed by atoms with E-state index in [1.54, 1.807) is 0 Å². The summed E-state index contributed by atoms with van der Waals surface area (Å²) in [7, 11) is 0. The van der Waals surface area contributed by atoms with E-state index in [0.717, 1.165) is 24.2 Å². The smallest absolute Gasteiger partial charge is 0.0619 e. The number of benzene rings is 9. The maximum atomic E-state index is 2.48. The highest BCUT2D eigenvalue weighted by atomic mass is 15.1. The Kier molecular flexibility index (Phi) is 7.67. The van der Waals surface area contributed by atoms with Gasteiger partial charge in [0, 0.05) is 38.5 Å². The van der Waals surface area contributed by atoms with Crippen LogP contribution in [0.5, 0.6) is 0 Å². The third kappa shape index (κ3) is 5.26. The zero-order valence-corrected chi connectivity index (χ0v) is 30.9. The molecule has 0 saturated carbocycles. The maximum absolute atomic E-state index is 2.48. The number of nitrogens with zero attached hydrogens (tertiary/aromatic N) is 2. The first-order valence-electron chi connectivity index (χ1n) is 19.6. The molecule has 0 saturated heterocycles. The van der Waals surface area contributed by atoms with E-state index in [0.29, 0.717) is 0 Å². The van der Waals surface area contributed by atoms with Gasteiger partial charge >= 0.3 is 0 Å². The van der Waals surface area contributed by atoms with Gasteiger partial charge in [0.1, 0.15) is 0 Å². The van der Waals surface area contributed by atoms with Gasteiger partial charge in [0.2, 0.25) is 0 Å². The standard InChI is InChI=1S/C54H38N2/c1-2-14-37(15-3-1)38-26-31-42(32-27-38)55(53-36-41-17-5-6-18-44(41)47-21-8-9-22-48(47)53)43-33-28-40(29-34-43)45-19-10-12-24-51(45)56-52-25-13-11-23-49(52)50-35-30-39-16-4-7-20-46(39)54(50)56/h1-5,7-17,19-36H,6,18H2. The molecule has 0 unspecified atom stereocenters. The van der Waals surface area contributed by atoms with Gasteiger partial charge in [0.15, 0.2) is 0 Å². The van der Waals surface area contributed by atoms with Crippen molar-refractivity contribution < 1.29 is 0 Å². The fourth-order valence-electron chi connectivity index (χ4n) is 9.03. The average molecular weight is 715 g/mol. The molecule has 10 aromatic rings. The van der Waals surface area contributed by atoms with E-state index in [1.807, 2.05) is 0 Å². The minimum atomic E-state index is 1.06. The van der Waals surface area contributed by atoms with Crippen molar-refractivity contribution in [2.24, 2.45) is 0 Å². The van der Waals surface area contributed by atoms with E-state index >= 15 is 0 Å². The molecule has 1 aromatic heterocycles. The van der Waals surface area contributed by atoms with Gasteiger partial charge < -0.3 is 9.47 Å². The molecule has 11 rings (SSSR count). The van der Waals surface area contributed by atoms with E-state index in [4.69, 9.17) is 0 Å². The van der Waals surface area contributed by atoms with Crippen LogP contribution in [-0.4, -0.2) is 4.57 Å². The first kappa shape index (κ1) is 32.3. The summed E-state index contributed by atoms with van der Waals surface area (Å²) >= 11 is 0. The van der Waals surface area contributed by atoms with E-state index in [1.165, 1.54) is 88.1 Å². The fraction of sp³-hybridized carbons (Fsp3) is 0.0370. The minimum Gasteiger partial charge on any atom is -0.310 e. The van der Waals surface area contributed by atoms with Crippen LogP contribution in [0.25, 0.3) is 77.4 Å². The molecule has 1 aliphatic rings. The summed E-state index contributed by atoms with van der Waals surface area (Å²) in [5.74, 6) is 0. The number of para-hydroxylation sites is 2. The molecule has 0 bridgehead atoms. The van der Waals surface area contributed by atoms with Crippen molar-refractivity contribution in [2.75, 3.05) is 4.90 Å². The van der Waals surface area contributed by atoms with Crippen molar-refractivity contribution in [2.45, 2.75) is 12.8 Å². The third-order valence-corrected chi connectivity index (χ3v) is 11.6. The van der Waals surface area contributed by atoms with Gasteiger partial charge in [-0.15, -0.1) is 0 Å². The summed E-state index contributed by atoms with van der Waals surface area (Å²) in [5, 5.41) is 7.63. The van der Waals surface area contributed by atoms with Crippen molar-refractivity contribution in [3.63, 3.8) is 0 Å². The van der Waals surface area contributed by atoms with Crippen LogP contribution in [-0.2, 0) is 6.42 Å². The number of rotatable bonds is 6. The Labute approximate surface area is 326 Å². The molecule has 0 amide bonds. The Hall–Kier alpha value is -7.16. The first-order valence-corrected chi connectivity index (χ1v) is 19.6. The summed E-state index contributed by atoms with van der Waals surface area (Å²) in [6.07, 6.45) is 6.76. The molecular weight excluding hydrogens is 677 g/mol. The zero-order valence-electron chi connectivity index (χ0n) is 30.9. The summed E-state index contributed by atoms with van der Waals surface area (Å²) < 4.78 is 2.48. The highest BCUT2D eigenvalue weighted by Crippen LogP contribution is 2.44. The number of aromatic nitrogens is 1. The number of hydrogen-bond donors (Lipinski definition) is 0. The van der Waals surface area contributed by atoms with Crippen LogP contribution < -0.4 is 4.90 Å². The quantitative estimate of drug-likeness (QED) is 0.166. The fourth-order valence-corrected chi connectivity index (χ4v) is 9.03. The zero-order chi connectivity index (χ0) is 37.0. The lowest BCUT2D eigenvalue weighted by Crippen LogP contribution is -2.12. The van der Waals surface area contributed by atoms with Gasteiger partial charge in [0.25, 0.3) is 0 Å². The molecule has 0 N–H and O–H groups in total. The van der Waals surface area contributed by atoms with E-state index in [2.05, 4.69) is 216 Å². The van der Waals surface area contributed by atoms with Crippen LogP contribution in [0.4, 0.5) is 17.1 Å². The molecule has 1 aliphatic carbocycles. The number of allylic oxidation sites excluding steroid dienone is 1. The predicted molar refractivity (Wildman–Crippen MR) is 239 cm³/mol. The van der Waals surface area contributed by atoms with Crippen molar-refractivity contribution in [3.05, 3.63) is 211 Å². The molecule has 56 heavy (non-hydrogen) atoms. The summed E-state index contributed by atoms with van der Waals surface area (Å²) in [6, 6.07) is 71.1. The van der Waals surface area contributed by atoms with E-state index in [9.17, 15) is 0 Å². The molecule has 9 aromatic carbocycles. The molecule has 0 atom stereocenters. The van der Waals surface area contributed by atoms with Crippen LogP contribution in [0, 0.1) is 0 Å². The Morgan fingerprint density at radius 2 is 1.07 bits per heavy atom. The van der Waals surface area contributed by atoms with Crippen LogP contribution in [0.3, 0.4) is 0 Å².